The summed E-state index contributed by atoms with van der Waals surface area (Å²) >= 11 is 0. The third kappa shape index (κ3) is 1.37. The molecule has 9 atom stereocenters. The van der Waals surface area contributed by atoms with Crippen LogP contribution in [0.3, 0.4) is 0 Å². The van der Waals surface area contributed by atoms with E-state index in [1.807, 2.05) is 0 Å². The first-order valence-electron chi connectivity index (χ1n) is 7.74. The van der Waals surface area contributed by atoms with Crippen LogP contribution in [0.2, 0.25) is 0 Å². The number of hydrogen-bond donors (Lipinski definition) is 1. The second kappa shape index (κ2) is 3.32. The van der Waals surface area contributed by atoms with Crippen molar-refractivity contribution in [3.8, 4) is 0 Å². The summed E-state index contributed by atoms with van der Waals surface area (Å²) in [6.07, 6.45) is 2.74. The van der Waals surface area contributed by atoms with Crippen molar-refractivity contribution in [2.24, 2.45) is 41.4 Å². The van der Waals surface area contributed by atoms with Crippen molar-refractivity contribution in [3.05, 3.63) is 0 Å². The van der Waals surface area contributed by atoms with E-state index in [4.69, 9.17) is 4.74 Å². The zero-order valence-corrected chi connectivity index (χ0v) is 12.0. The molecule has 0 amide bonds. The number of hydrogen-bond acceptors (Lipinski definition) is 2. The fourth-order valence-electron chi connectivity index (χ4n) is 5.83. The average molecular weight is 250 g/mol. The van der Waals surface area contributed by atoms with Gasteiger partial charge in [-0.15, -0.1) is 0 Å². The summed E-state index contributed by atoms with van der Waals surface area (Å²) in [5.41, 5.74) is -0.0112. The minimum absolute atomic E-state index is 0.0112. The largest absolute Gasteiger partial charge is 0.393 e. The maximum absolute atomic E-state index is 10.2. The Morgan fingerprint density at radius 3 is 2.17 bits per heavy atom. The minimum Gasteiger partial charge on any atom is -0.393 e. The average Bonchev–Trinajstić information content (AvgIpc) is 2.71. The third-order valence-corrected chi connectivity index (χ3v) is 6.23. The Bertz CT molecular complexity index is 348. The zero-order chi connectivity index (χ0) is 12.8. The molecule has 2 heteroatoms. The lowest BCUT2D eigenvalue weighted by atomic mass is 9.88. The highest BCUT2D eigenvalue weighted by Gasteiger charge is 2.78. The first-order valence-corrected chi connectivity index (χ1v) is 7.74. The van der Waals surface area contributed by atoms with E-state index in [2.05, 4.69) is 27.7 Å². The van der Waals surface area contributed by atoms with Gasteiger partial charge in [0, 0.05) is 0 Å². The molecule has 0 radical (unpaired) electrons. The van der Waals surface area contributed by atoms with Crippen molar-refractivity contribution >= 4 is 0 Å². The van der Waals surface area contributed by atoms with E-state index in [0.29, 0.717) is 12.0 Å². The summed E-state index contributed by atoms with van der Waals surface area (Å²) in [6, 6.07) is 0. The highest BCUT2D eigenvalue weighted by atomic mass is 16.5. The van der Waals surface area contributed by atoms with Gasteiger partial charge in [0.15, 0.2) is 0 Å². The molecule has 2 nitrogen and oxygen atoms in total. The molecule has 0 aromatic carbocycles. The maximum atomic E-state index is 10.2. The van der Waals surface area contributed by atoms with Crippen LogP contribution in [-0.4, -0.2) is 22.9 Å². The fraction of sp³-hybridized carbons (Fsp3) is 1.00. The molecular formula is C16H26O2. The molecule has 0 heterocycles. The summed E-state index contributed by atoms with van der Waals surface area (Å²) in [7, 11) is 0. The van der Waals surface area contributed by atoms with Gasteiger partial charge >= 0.3 is 0 Å². The molecule has 1 N–H and O–H groups in total. The van der Waals surface area contributed by atoms with Gasteiger partial charge < -0.3 is 9.84 Å². The molecule has 5 aliphatic rings. The van der Waals surface area contributed by atoms with Crippen LogP contribution in [0, 0.1) is 41.4 Å². The minimum atomic E-state index is -0.0573. The quantitative estimate of drug-likeness (QED) is 0.775. The van der Waals surface area contributed by atoms with Gasteiger partial charge in [-0.25, -0.2) is 0 Å². The highest BCUT2D eigenvalue weighted by Crippen LogP contribution is 2.79. The summed E-state index contributed by atoms with van der Waals surface area (Å²) in [5, 5.41) is 10.2. The second-order valence-corrected chi connectivity index (χ2v) is 8.35. The van der Waals surface area contributed by atoms with Crippen molar-refractivity contribution < 1.29 is 9.84 Å². The molecule has 102 valence electrons. The molecule has 18 heavy (non-hydrogen) atoms. The molecule has 0 spiro atoms. The van der Waals surface area contributed by atoms with E-state index in [-0.39, 0.29) is 11.7 Å². The summed E-state index contributed by atoms with van der Waals surface area (Å²) in [6.45, 7) is 8.78. The third-order valence-electron chi connectivity index (χ3n) is 6.23. The van der Waals surface area contributed by atoms with Crippen LogP contribution >= 0.6 is 0 Å². The molecular weight excluding hydrogens is 224 g/mol. The first-order chi connectivity index (χ1) is 8.38. The second-order valence-electron chi connectivity index (χ2n) is 8.35. The van der Waals surface area contributed by atoms with Crippen LogP contribution in [0.25, 0.3) is 0 Å². The number of aliphatic hydroxyl groups is 1. The van der Waals surface area contributed by atoms with E-state index in [1.165, 1.54) is 6.42 Å². The molecule has 5 aliphatic carbocycles. The lowest BCUT2D eigenvalue weighted by Gasteiger charge is -2.30. The van der Waals surface area contributed by atoms with Gasteiger partial charge in [0.2, 0.25) is 0 Å². The van der Waals surface area contributed by atoms with Crippen LogP contribution in [0.1, 0.15) is 40.5 Å². The van der Waals surface area contributed by atoms with Crippen LogP contribution < -0.4 is 0 Å². The van der Waals surface area contributed by atoms with Crippen molar-refractivity contribution in [2.45, 2.75) is 58.3 Å². The highest BCUT2D eigenvalue weighted by molar-refractivity contribution is 5.26. The van der Waals surface area contributed by atoms with Crippen LogP contribution in [-0.2, 0) is 4.74 Å². The SMILES string of the molecule is C[C@H]1CC2C3C(C[C@@H]1O)C1C2C1C3OC(C)(C)C. The molecule has 5 saturated carbocycles. The molecule has 5 rings (SSSR count). The van der Waals surface area contributed by atoms with Gasteiger partial charge in [0.1, 0.15) is 0 Å². The molecule has 5 fully saturated rings. The maximum Gasteiger partial charge on any atom is 0.0649 e. The summed E-state index contributed by atoms with van der Waals surface area (Å²) < 4.78 is 6.39. The molecule has 7 unspecified atom stereocenters. The monoisotopic (exact) mass is 250 g/mol. The summed E-state index contributed by atoms with van der Waals surface area (Å²) in [5.74, 6) is 5.63. The topological polar surface area (TPSA) is 29.5 Å². The van der Waals surface area contributed by atoms with E-state index in [9.17, 15) is 5.11 Å². The van der Waals surface area contributed by atoms with Crippen LogP contribution in [0.15, 0.2) is 0 Å². The predicted octanol–water partition coefficient (Wildman–Crippen LogP) is 2.70. The smallest absolute Gasteiger partial charge is 0.0649 e. The van der Waals surface area contributed by atoms with E-state index in [1.54, 1.807) is 0 Å². The van der Waals surface area contributed by atoms with E-state index >= 15 is 0 Å². The van der Waals surface area contributed by atoms with Gasteiger partial charge in [-0.1, -0.05) is 6.92 Å². The van der Waals surface area contributed by atoms with Crippen molar-refractivity contribution in [3.63, 3.8) is 0 Å². The Kier molecular flexibility index (Phi) is 2.16. The van der Waals surface area contributed by atoms with Crippen molar-refractivity contribution in [2.75, 3.05) is 0 Å². The van der Waals surface area contributed by atoms with Crippen LogP contribution in [0.5, 0.6) is 0 Å². The van der Waals surface area contributed by atoms with Gasteiger partial charge in [0.25, 0.3) is 0 Å². The first kappa shape index (κ1) is 11.7. The van der Waals surface area contributed by atoms with Gasteiger partial charge in [-0.2, -0.15) is 0 Å². The Balaban J connectivity index is 1.61. The van der Waals surface area contributed by atoms with Gasteiger partial charge in [-0.05, 0) is 75.0 Å². The Morgan fingerprint density at radius 2 is 1.56 bits per heavy atom. The van der Waals surface area contributed by atoms with E-state index < -0.39 is 0 Å². The number of ether oxygens (including phenoxy) is 1. The lowest BCUT2D eigenvalue weighted by molar-refractivity contribution is -0.0834. The Morgan fingerprint density at radius 1 is 0.944 bits per heavy atom. The zero-order valence-electron chi connectivity index (χ0n) is 12.0. The van der Waals surface area contributed by atoms with Gasteiger partial charge in [0.05, 0.1) is 17.8 Å². The van der Waals surface area contributed by atoms with Gasteiger partial charge in [-0.3, -0.25) is 0 Å². The predicted molar refractivity (Wildman–Crippen MR) is 70.0 cm³/mol. The van der Waals surface area contributed by atoms with Crippen molar-refractivity contribution in [1.29, 1.82) is 0 Å². The Hall–Kier alpha value is -0.0800. The fourth-order valence-corrected chi connectivity index (χ4v) is 5.83. The molecule has 0 aliphatic heterocycles. The van der Waals surface area contributed by atoms with Crippen molar-refractivity contribution in [1.82, 2.24) is 0 Å². The normalized spacial score (nSPS) is 60.8. The molecule has 6 bridgehead atoms. The molecule has 0 aromatic rings. The number of aliphatic hydroxyl groups excluding tert-OH is 1. The Labute approximate surface area is 110 Å². The number of rotatable bonds is 1. The standard InChI is InChI=1S/C16H26O2/c1-7-5-8-11-9(6-10(7)17)13-12(8)14(13)15(11)18-16(2,3)4/h7-15,17H,5-6H2,1-4H3/t7-,8?,9?,10-,11?,12?,13?,14?,15?/m0/s1. The molecule has 0 aromatic heterocycles. The lowest BCUT2D eigenvalue weighted by Crippen LogP contribution is -2.32. The van der Waals surface area contributed by atoms with E-state index in [0.717, 1.165) is 41.9 Å². The van der Waals surface area contributed by atoms with Crippen LogP contribution in [0.4, 0.5) is 0 Å². The summed E-state index contributed by atoms with van der Waals surface area (Å²) in [4.78, 5) is 0. The molecule has 0 saturated heterocycles.